The number of anilines is 1. The number of rotatable bonds is 5. The SMILES string of the molecule is COc1cc(-c2nc(C(C)(C)CN)[nH]c2-c2ccnc(N)n2)ccc1Cl. The number of imidazole rings is 1. The molecule has 7 nitrogen and oxygen atoms in total. The number of nitrogens with two attached hydrogens (primary N) is 2. The minimum Gasteiger partial charge on any atom is -0.495 e. The van der Waals surface area contributed by atoms with Gasteiger partial charge < -0.3 is 21.2 Å². The first-order valence-electron chi connectivity index (χ1n) is 8.09. The lowest BCUT2D eigenvalue weighted by Crippen LogP contribution is -2.29. The summed E-state index contributed by atoms with van der Waals surface area (Å²) in [6.07, 6.45) is 1.61. The number of nitrogens with one attached hydrogen (secondary N) is 1. The van der Waals surface area contributed by atoms with Gasteiger partial charge >= 0.3 is 0 Å². The van der Waals surface area contributed by atoms with Gasteiger partial charge in [-0.1, -0.05) is 31.5 Å². The summed E-state index contributed by atoms with van der Waals surface area (Å²) in [5.41, 5.74) is 14.3. The van der Waals surface area contributed by atoms with Crippen molar-refractivity contribution in [1.82, 2.24) is 19.9 Å². The molecule has 2 aromatic heterocycles. The van der Waals surface area contributed by atoms with Crippen LogP contribution in [-0.4, -0.2) is 33.6 Å². The van der Waals surface area contributed by atoms with E-state index in [0.717, 1.165) is 22.8 Å². The fourth-order valence-corrected chi connectivity index (χ4v) is 2.70. The minimum atomic E-state index is -0.331. The minimum absolute atomic E-state index is 0.191. The van der Waals surface area contributed by atoms with Crippen molar-refractivity contribution >= 4 is 17.5 Å². The van der Waals surface area contributed by atoms with E-state index in [9.17, 15) is 0 Å². The van der Waals surface area contributed by atoms with E-state index in [1.807, 2.05) is 26.0 Å². The van der Waals surface area contributed by atoms with Crippen molar-refractivity contribution < 1.29 is 4.74 Å². The maximum Gasteiger partial charge on any atom is 0.220 e. The van der Waals surface area contributed by atoms with E-state index >= 15 is 0 Å². The summed E-state index contributed by atoms with van der Waals surface area (Å²) in [5.74, 6) is 1.52. The maximum atomic E-state index is 6.15. The number of aromatic nitrogens is 4. The zero-order chi connectivity index (χ0) is 18.9. The average molecular weight is 373 g/mol. The molecule has 0 aliphatic carbocycles. The van der Waals surface area contributed by atoms with Crippen LogP contribution in [0, 0.1) is 0 Å². The molecule has 3 aromatic rings. The first kappa shape index (κ1) is 18.2. The molecule has 0 aliphatic rings. The molecule has 0 saturated heterocycles. The molecule has 0 bridgehead atoms. The predicted octanol–water partition coefficient (Wildman–Crippen LogP) is 3.01. The molecule has 1 aromatic carbocycles. The molecule has 0 unspecified atom stereocenters. The van der Waals surface area contributed by atoms with Gasteiger partial charge in [-0.2, -0.15) is 0 Å². The third kappa shape index (κ3) is 3.36. The molecular formula is C18H21ClN6O. The quantitative estimate of drug-likeness (QED) is 0.634. The van der Waals surface area contributed by atoms with Gasteiger partial charge in [0.1, 0.15) is 11.6 Å². The smallest absolute Gasteiger partial charge is 0.220 e. The predicted molar refractivity (Wildman–Crippen MR) is 103 cm³/mol. The van der Waals surface area contributed by atoms with Crippen LogP contribution in [0.2, 0.25) is 5.02 Å². The van der Waals surface area contributed by atoms with Gasteiger partial charge in [0, 0.05) is 23.7 Å². The molecule has 0 aliphatic heterocycles. The first-order valence-corrected chi connectivity index (χ1v) is 8.47. The van der Waals surface area contributed by atoms with Crippen molar-refractivity contribution in [2.45, 2.75) is 19.3 Å². The normalized spacial score (nSPS) is 11.6. The van der Waals surface area contributed by atoms with Crippen molar-refractivity contribution in [2.75, 3.05) is 19.4 Å². The number of hydrogen-bond acceptors (Lipinski definition) is 6. The van der Waals surface area contributed by atoms with Gasteiger partial charge in [0.15, 0.2) is 0 Å². The second-order valence-electron chi connectivity index (χ2n) is 6.55. The summed E-state index contributed by atoms with van der Waals surface area (Å²) < 4.78 is 5.33. The van der Waals surface area contributed by atoms with E-state index in [4.69, 9.17) is 32.8 Å². The van der Waals surface area contributed by atoms with E-state index in [2.05, 4.69) is 15.0 Å². The zero-order valence-corrected chi connectivity index (χ0v) is 15.6. The Balaban J connectivity index is 2.23. The molecule has 8 heteroatoms. The number of nitrogen functional groups attached to an aromatic ring is 1. The second kappa shape index (κ2) is 6.93. The average Bonchev–Trinajstić information content (AvgIpc) is 3.08. The van der Waals surface area contributed by atoms with Gasteiger partial charge in [0.2, 0.25) is 5.95 Å². The van der Waals surface area contributed by atoms with Gasteiger partial charge in [-0.3, -0.25) is 0 Å². The lowest BCUT2D eigenvalue weighted by atomic mass is 9.93. The summed E-state index contributed by atoms with van der Waals surface area (Å²) in [5, 5.41) is 0.530. The number of halogens is 1. The highest BCUT2D eigenvalue weighted by atomic mass is 35.5. The highest BCUT2D eigenvalue weighted by Crippen LogP contribution is 2.36. The molecule has 5 N–H and O–H groups in total. The van der Waals surface area contributed by atoms with E-state index < -0.39 is 0 Å². The zero-order valence-electron chi connectivity index (χ0n) is 14.9. The van der Waals surface area contributed by atoms with E-state index in [-0.39, 0.29) is 11.4 Å². The number of methoxy groups -OCH3 is 1. The van der Waals surface area contributed by atoms with E-state index in [1.165, 1.54) is 0 Å². The molecule has 26 heavy (non-hydrogen) atoms. The fraction of sp³-hybridized carbons (Fsp3) is 0.278. The Bertz CT molecular complexity index is 937. The molecule has 0 atom stereocenters. The third-order valence-electron chi connectivity index (χ3n) is 4.21. The van der Waals surface area contributed by atoms with Gasteiger partial charge in [-0.25, -0.2) is 15.0 Å². The molecule has 2 heterocycles. The third-order valence-corrected chi connectivity index (χ3v) is 4.52. The van der Waals surface area contributed by atoms with Crippen LogP contribution in [0.15, 0.2) is 30.5 Å². The fourth-order valence-electron chi connectivity index (χ4n) is 2.50. The van der Waals surface area contributed by atoms with Gasteiger partial charge in [0.05, 0.1) is 29.2 Å². The Morgan fingerprint density at radius 1 is 1.23 bits per heavy atom. The summed E-state index contributed by atoms with van der Waals surface area (Å²) in [7, 11) is 1.57. The number of aromatic amines is 1. The number of benzene rings is 1. The summed E-state index contributed by atoms with van der Waals surface area (Å²) in [6.45, 7) is 4.49. The summed E-state index contributed by atoms with van der Waals surface area (Å²) >= 11 is 6.15. The van der Waals surface area contributed by atoms with Crippen LogP contribution in [0.4, 0.5) is 5.95 Å². The highest BCUT2D eigenvalue weighted by Gasteiger charge is 2.26. The van der Waals surface area contributed by atoms with Crippen molar-refractivity contribution in [2.24, 2.45) is 5.73 Å². The molecule has 3 rings (SSSR count). The van der Waals surface area contributed by atoms with Crippen LogP contribution < -0.4 is 16.2 Å². The van der Waals surface area contributed by atoms with Crippen molar-refractivity contribution in [3.05, 3.63) is 41.3 Å². The highest BCUT2D eigenvalue weighted by molar-refractivity contribution is 6.32. The largest absolute Gasteiger partial charge is 0.495 e. The van der Waals surface area contributed by atoms with Crippen molar-refractivity contribution in [3.63, 3.8) is 0 Å². The maximum absolute atomic E-state index is 6.15. The number of hydrogen-bond donors (Lipinski definition) is 3. The van der Waals surface area contributed by atoms with Gasteiger partial charge in [-0.15, -0.1) is 0 Å². The topological polar surface area (TPSA) is 116 Å². The van der Waals surface area contributed by atoms with Crippen LogP contribution in [0.5, 0.6) is 5.75 Å². The number of ether oxygens (including phenoxy) is 1. The van der Waals surface area contributed by atoms with Crippen LogP contribution in [0.1, 0.15) is 19.7 Å². The number of nitrogens with zero attached hydrogens (tertiary/aromatic N) is 3. The molecule has 0 spiro atoms. The van der Waals surface area contributed by atoms with Crippen molar-refractivity contribution in [1.29, 1.82) is 0 Å². The van der Waals surface area contributed by atoms with Crippen LogP contribution >= 0.6 is 11.6 Å². The Morgan fingerprint density at radius 3 is 2.65 bits per heavy atom. The Labute approximate surface area is 156 Å². The number of H-pyrrole nitrogens is 1. The standard InChI is InChI=1S/C18H21ClN6O/c1-18(2,9-20)16-24-14(10-4-5-11(19)13(8-10)26-3)15(25-16)12-6-7-22-17(21)23-12/h4-8H,9,20H2,1-3H3,(H,24,25)(H2,21,22,23). The lowest BCUT2D eigenvalue weighted by Gasteiger charge is -2.18. The van der Waals surface area contributed by atoms with Crippen LogP contribution in [0.3, 0.4) is 0 Å². The van der Waals surface area contributed by atoms with Gasteiger partial charge in [-0.05, 0) is 18.2 Å². The Hall–Kier alpha value is -2.64. The monoisotopic (exact) mass is 372 g/mol. The molecule has 0 radical (unpaired) electrons. The van der Waals surface area contributed by atoms with E-state index in [1.54, 1.807) is 25.4 Å². The second-order valence-corrected chi connectivity index (χ2v) is 6.95. The summed E-state index contributed by atoms with van der Waals surface area (Å²) in [4.78, 5) is 16.4. The Kier molecular flexibility index (Phi) is 4.84. The molecule has 136 valence electrons. The Morgan fingerprint density at radius 2 is 2.00 bits per heavy atom. The first-order chi connectivity index (χ1) is 12.4. The van der Waals surface area contributed by atoms with Gasteiger partial charge in [0.25, 0.3) is 0 Å². The molecule has 0 amide bonds. The molecular weight excluding hydrogens is 352 g/mol. The molecule has 0 fully saturated rings. The van der Waals surface area contributed by atoms with E-state index in [0.29, 0.717) is 23.0 Å². The summed E-state index contributed by atoms with van der Waals surface area (Å²) in [6, 6.07) is 7.27. The van der Waals surface area contributed by atoms with Crippen LogP contribution in [0.25, 0.3) is 22.6 Å². The lowest BCUT2D eigenvalue weighted by molar-refractivity contribution is 0.415. The van der Waals surface area contributed by atoms with Crippen molar-refractivity contribution in [3.8, 4) is 28.4 Å². The van der Waals surface area contributed by atoms with Crippen LogP contribution in [-0.2, 0) is 5.41 Å². The molecule has 0 saturated carbocycles.